The minimum Gasteiger partial charge on any atom is -0.355 e. The van der Waals surface area contributed by atoms with Gasteiger partial charge in [0.1, 0.15) is 18.0 Å². The molecule has 1 aromatic rings. The predicted molar refractivity (Wildman–Crippen MR) is 105 cm³/mol. The van der Waals surface area contributed by atoms with Crippen LogP contribution in [0.15, 0.2) is 36.7 Å². The number of hydrogen-bond acceptors (Lipinski definition) is 6. The zero-order valence-electron chi connectivity index (χ0n) is 15.4. The van der Waals surface area contributed by atoms with E-state index in [2.05, 4.69) is 59.9 Å². The van der Waals surface area contributed by atoms with Crippen LogP contribution in [-0.4, -0.2) is 84.2 Å². The Kier molecular flexibility index (Phi) is 4.38. The van der Waals surface area contributed by atoms with Gasteiger partial charge in [0.2, 0.25) is 0 Å². The van der Waals surface area contributed by atoms with E-state index in [0.717, 1.165) is 64.0 Å². The zero-order chi connectivity index (χ0) is 17.3. The van der Waals surface area contributed by atoms with E-state index in [4.69, 9.17) is 0 Å². The maximum Gasteiger partial charge on any atom is 0.134 e. The van der Waals surface area contributed by atoms with E-state index in [1.54, 1.807) is 6.33 Å². The molecule has 1 aromatic heterocycles. The molecule has 0 radical (unpaired) electrons. The molecule has 0 saturated carbocycles. The predicted octanol–water partition coefficient (Wildman–Crippen LogP) is 1.38. The summed E-state index contributed by atoms with van der Waals surface area (Å²) in [4.78, 5) is 19.2. The Morgan fingerprint density at radius 1 is 0.692 bits per heavy atom. The molecular formula is C20H28N6. The summed E-state index contributed by atoms with van der Waals surface area (Å²) >= 11 is 0. The summed E-state index contributed by atoms with van der Waals surface area (Å²) in [7, 11) is 0. The van der Waals surface area contributed by atoms with E-state index in [-0.39, 0.29) is 0 Å². The highest BCUT2D eigenvalue weighted by molar-refractivity contribution is 5.51. The number of nitrogens with zero attached hydrogens (tertiary/aromatic N) is 6. The largest absolute Gasteiger partial charge is 0.355 e. The molecule has 4 aliphatic rings. The van der Waals surface area contributed by atoms with E-state index >= 15 is 0 Å². The Balaban J connectivity index is 1.23. The van der Waals surface area contributed by atoms with Crippen molar-refractivity contribution in [2.45, 2.75) is 24.9 Å². The summed E-state index contributed by atoms with van der Waals surface area (Å²) in [6, 6.07) is 3.51. The molecule has 0 aromatic carbocycles. The number of rotatable bonds is 4. The second kappa shape index (κ2) is 7.00. The molecule has 0 aliphatic carbocycles. The second-order valence-electron chi connectivity index (χ2n) is 7.86. The van der Waals surface area contributed by atoms with Gasteiger partial charge >= 0.3 is 0 Å². The van der Waals surface area contributed by atoms with Gasteiger partial charge in [-0.1, -0.05) is 24.3 Å². The molecule has 5 heterocycles. The lowest BCUT2D eigenvalue weighted by Gasteiger charge is -2.25. The lowest BCUT2D eigenvalue weighted by atomic mass is 10.2. The smallest absolute Gasteiger partial charge is 0.134 e. The van der Waals surface area contributed by atoms with Crippen LogP contribution in [0.25, 0.3) is 0 Å². The third-order valence-electron chi connectivity index (χ3n) is 6.34. The average Bonchev–Trinajstić information content (AvgIpc) is 3.49. The lowest BCUT2D eigenvalue weighted by Crippen LogP contribution is -2.36. The molecule has 138 valence electrons. The summed E-state index contributed by atoms with van der Waals surface area (Å²) in [5.41, 5.74) is 0. The molecule has 5 rings (SSSR count). The molecule has 0 bridgehead atoms. The van der Waals surface area contributed by atoms with Crippen molar-refractivity contribution in [3.8, 4) is 0 Å². The normalized spacial score (nSPS) is 29.5. The molecule has 2 fully saturated rings. The topological polar surface area (TPSA) is 38.7 Å². The van der Waals surface area contributed by atoms with Crippen molar-refractivity contribution in [2.75, 3.05) is 62.2 Å². The molecule has 0 N–H and O–H groups in total. The summed E-state index contributed by atoms with van der Waals surface area (Å²) < 4.78 is 0. The van der Waals surface area contributed by atoms with E-state index in [0.29, 0.717) is 12.1 Å². The van der Waals surface area contributed by atoms with Gasteiger partial charge in [0.05, 0.1) is 0 Å². The average molecular weight is 352 g/mol. The molecule has 2 atom stereocenters. The van der Waals surface area contributed by atoms with Crippen molar-refractivity contribution in [3.05, 3.63) is 36.7 Å². The van der Waals surface area contributed by atoms with Crippen molar-refractivity contribution >= 4 is 11.6 Å². The monoisotopic (exact) mass is 352 g/mol. The summed E-state index contributed by atoms with van der Waals surface area (Å²) in [5.74, 6) is 2.19. The highest BCUT2D eigenvalue weighted by Gasteiger charge is 2.31. The fraction of sp³-hybridized carbons (Fsp3) is 0.600. The molecule has 2 unspecified atom stereocenters. The highest BCUT2D eigenvalue weighted by atomic mass is 15.3. The highest BCUT2D eigenvalue weighted by Crippen LogP contribution is 2.27. The van der Waals surface area contributed by atoms with Gasteiger partial charge in [0.15, 0.2) is 0 Å². The maximum absolute atomic E-state index is 4.58. The van der Waals surface area contributed by atoms with Crippen molar-refractivity contribution in [2.24, 2.45) is 0 Å². The number of hydrogen-bond donors (Lipinski definition) is 0. The molecular weight excluding hydrogens is 324 g/mol. The lowest BCUT2D eigenvalue weighted by molar-refractivity contribution is 0.271. The van der Waals surface area contributed by atoms with Gasteiger partial charge < -0.3 is 9.80 Å². The van der Waals surface area contributed by atoms with Gasteiger partial charge in [-0.05, 0) is 12.8 Å². The molecule has 2 saturated heterocycles. The van der Waals surface area contributed by atoms with Crippen LogP contribution in [0.2, 0.25) is 0 Å². The van der Waals surface area contributed by atoms with Gasteiger partial charge in [-0.3, -0.25) is 9.80 Å². The van der Waals surface area contributed by atoms with Crippen LogP contribution in [0.3, 0.4) is 0 Å². The van der Waals surface area contributed by atoms with Crippen molar-refractivity contribution in [3.63, 3.8) is 0 Å². The van der Waals surface area contributed by atoms with Gasteiger partial charge in [-0.15, -0.1) is 0 Å². The van der Waals surface area contributed by atoms with Crippen LogP contribution in [0.1, 0.15) is 12.8 Å². The molecule has 6 heteroatoms. The number of aromatic nitrogens is 2. The van der Waals surface area contributed by atoms with Crippen LogP contribution in [0.4, 0.5) is 11.6 Å². The molecule has 26 heavy (non-hydrogen) atoms. The minimum atomic E-state index is 0.655. The summed E-state index contributed by atoms with van der Waals surface area (Å²) in [6.45, 7) is 8.78. The Morgan fingerprint density at radius 2 is 1.15 bits per heavy atom. The van der Waals surface area contributed by atoms with E-state index in [1.807, 2.05) is 0 Å². The third kappa shape index (κ3) is 3.12. The van der Waals surface area contributed by atoms with Gasteiger partial charge in [-0.25, -0.2) is 9.97 Å². The summed E-state index contributed by atoms with van der Waals surface area (Å²) in [5, 5.41) is 0. The van der Waals surface area contributed by atoms with Gasteiger partial charge in [0.25, 0.3) is 0 Å². The number of anilines is 2. The Morgan fingerprint density at radius 3 is 1.62 bits per heavy atom. The van der Waals surface area contributed by atoms with E-state index < -0.39 is 0 Å². The fourth-order valence-corrected chi connectivity index (χ4v) is 4.76. The Hall–Kier alpha value is -1.92. The SMILES string of the molecule is C1=CCN(C2CCN(c3cc(N4CCC(N5CC=CC5)C4)ncn3)C2)C1. The Labute approximate surface area is 155 Å². The van der Waals surface area contributed by atoms with E-state index in [9.17, 15) is 0 Å². The minimum absolute atomic E-state index is 0.655. The fourth-order valence-electron chi connectivity index (χ4n) is 4.76. The van der Waals surface area contributed by atoms with Gasteiger partial charge in [0, 0.05) is 70.5 Å². The van der Waals surface area contributed by atoms with Crippen LogP contribution >= 0.6 is 0 Å². The van der Waals surface area contributed by atoms with Crippen LogP contribution in [-0.2, 0) is 0 Å². The van der Waals surface area contributed by atoms with Crippen molar-refractivity contribution in [1.29, 1.82) is 0 Å². The summed E-state index contributed by atoms with van der Waals surface area (Å²) in [6.07, 6.45) is 13.3. The van der Waals surface area contributed by atoms with Crippen LogP contribution < -0.4 is 9.80 Å². The first kappa shape index (κ1) is 16.3. The van der Waals surface area contributed by atoms with Crippen LogP contribution in [0.5, 0.6) is 0 Å². The van der Waals surface area contributed by atoms with E-state index in [1.165, 1.54) is 12.8 Å². The standard InChI is InChI=1S/C20H28N6/c1-2-8-23(7-1)17-5-11-25(14-17)19-13-20(22-16-21-19)26-12-6-18(15-26)24-9-3-4-10-24/h1-4,13,16-18H,5-12,14-15H2. The Bertz CT molecular complexity index is 630. The quantitative estimate of drug-likeness (QED) is 0.763. The first-order valence-corrected chi connectivity index (χ1v) is 9.97. The second-order valence-corrected chi connectivity index (χ2v) is 7.86. The molecule has 0 amide bonds. The zero-order valence-corrected chi connectivity index (χ0v) is 15.4. The maximum atomic E-state index is 4.58. The van der Waals surface area contributed by atoms with Crippen LogP contribution in [0, 0.1) is 0 Å². The molecule has 6 nitrogen and oxygen atoms in total. The van der Waals surface area contributed by atoms with Crippen molar-refractivity contribution < 1.29 is 0 Å². The molecule has 4 aliphatic heterocycles. The molecule has 0 spiro atoms. The van der Waals surface area contributed by atoms with Crippen molar-refractivity contribution in [1.82, 2.24) is 19.8 Å². The third-order valence-corrected chi connectivity index (χ3v) is 6.34. The first-order valence-electron chi connectivity index (χ1n) is 9.97. The van der Waals surface area contributed by atoms with Gasteiger partial charge in [-0.2, -0.15) is 0 Å². The first-order chi connectivity index (χ1) is 12.9.